The predicted molar refractivity (Wildman–Crippen MR) is 53.6 cm³/mol. The number of carbonyl (C=O) groups excluding carboxylic acids is 1. The Morgan fingerprint density at radius 3 is 2.25 bits per heavy atom. The maximum Gasteiger partial charge on any atom is 0.323 e. The van der Waals surface area contributed by atoms with Crippen LogP contribution in [0.3, 0.4) is 0 Å². The first-order chi connectivity index (χ1) is 7.40. The van der Waals surface area contributed by atoms with E-state index in [4.69, 9.17) is 0 Å². The van der Waals surface area contributed by atoms with Crippen molar-refractivity contribution in [2.75, 3.05) is 13.7 Å². The van der Waals surface area contributed by atoms with Crippen LogP contribution < -0.4 is 5.32 Å². The topological polar surface area (TPSA) is 38.3 Å². The Hall–Kier alpha value is -1.04. The van der Waals surface area contributed by atoms with Crippen molar-refractivity contribution in [3.05, 3.63) is 11.9 Å². The van der Waals surface area contributed by atoms with Crippen LogP contribution in [0.25, 0.3) is 0 Å². The van der Waals surface area contributed by atoms with E-state index in [1.807, 2.05) is 0 Å². The molecule has 0 aromatic heterocycles. The number of methoxy groups -OCH3 is 1. The van der Waals surface area contributed by atoms with E-state index in [0.29, 0.717) is 0 Å². The molecule has 0 bridgehead atoms. The van der Waals surface area contributed by atoms with Crippen molar-refractivity contribution in [1.29, 1.82) is 0 Å². The summed E-state index contributed by atoms with van der Waals surface area (Å²) in [6, 6.07) is -0.611. The average molecular weight is 239 g/mol. The van der Waals surface area contributed by atoms with Gasteiger partial charge in [0.05, 0.1) is 7.11 Å². The Balaban J connectivity index is 4.15. The van der Waals surface area contributed by atoms with Gasteiger partial charge in [0.15, 0.2) is 5.83 Å². The Kier molecular flexibility index (Phi) is 6.80. The zero-order valence-electron chi connectivity index (χ0n) is 9.52. The third-order valence-electron chi connectivity index (χ3n) is 2.04. The molecule has 0 spiro atoms. The molecule has 94 valence electrons. The van der Waals surface area contributed by atoms with Crippen LogP contribution in [0.1, 0.15) is 20.3 Å². The van der Waals surface area contributed by atoms with E-state index < -0.39 is 30.3 Å². The molecule has 0 saturated carbocycles. The van der Waals surface area contributed by atoms with Gasteiger partial charge in [-0.1, -0.05) is 13.8 Å². The Morgan fingerprint density at radius 1 is 1.31 bits per heavy atom. The van der Waals surface area contributed by atoms with Crippen molar-refractivity contribution in [3.8, 4) is 0 Å². The minimum Gasteiger partial charge on any atom is -0.468 e. The first-order valence-corrected chi connectivity index (χ1v) is 4.91. The molecule has 0 heterocycles. The molecule has 0 saturated heterocycles. The summed E-state index contributed by atoms with van der Waals surface area (Å²) in [6.07, 6.45) is -2.76. The third kappa shape index (κ3) is 5.16. The van der Waals surface area contributed by atoms with Gasteiger partial charge < -0.3 is 10.1 Å². The van der Waals surface area contributed by atoms with Crippen LogP contribution in [0, 0.1) is 5.92 Å². The molecule has 0 radical (unpaired) electrons. The second kappa shape index (κ2) is 7.27. The maximum atomic E-state index is 12.4. The molecule has 6 heteroatoms. The lowest BCUT2D eigenvalue weighted by molar-refractivity contribution is -0.144. The van der Waals surface area contributed by atoms with Gasteiger partial charge in [-0.25, -0.2) is 4.39 Å². The molecule has 0 aromatic carbocycles. The molecule has 3 nitrogen and oxygen atoms in total. The highest BCUT2D eigenvalue weighted by Crippen LogP contribution is 2.12. The minimum absolute atomic E-state index is 0.0406. The molecule has 0 fully saturated rings. The number of carbonyl (C=O) groups is 1. The molecule has 0 aliphatic rings. The van der Waals surface area contributed by atoms with Crippen molar-refractivity contribution >= 4 is 5.97 Å². The van der Waals surface area contributed by atoms with Crippen molar-refractivity contribution in [3.63, 3.8) is 0 Å². The molecule has 0 unspecified atom stereocenters. The van der Waals surface area contributed by atoms with Crippen LogP contribution >= 0.6 is 0 Å². The molecule has 1 N–H and O–H groups in total. The number of esters is 1. The van der Waals surface area contributed by atoms with Gasteiger partial charge in [-0.15, -0.1) is 0 Å². The summed E-state index contributed by atoms with van der Waals surface area (Å²) in [5.41, 5.74) is 0. The van der Waals surface area contributed by atoms with Crippen LogP contribution in [-0.2, 0) is 9.53 Å². The van der Waals surface area contributed by atoms with Gasteiger partial charge in [-0.05, 0) is 5.92 Å². The fourth-order valence-corrected chi connectivity index (χ4v) is 1.15. The third-order valence-corrected chi connectivity index (χ3v) is 2.04. The number of nitrogens with one attached hydrogen (secondary N) is 1. The predicted octanol–water partition coefficient (Wildman–Crippen LogP) is 2.24. The van der Waals surface area contributed by atoms with Gasteiger partial charge in [-0.3, -0.25) is 4.79 Å². The monoisotopic (exact) mass is 239 g/mol. The van der Waals surface area contributed by atoms with Gasteiger partial charge in [0.1, 0.15) is 6.04 Å². The fourth-order valence-electron chi connectivity index (χ4n) is 1.15. The van der Waals surface area contributed by atoms with Crippen LogP contribution in [-0.4, -0.2) is 25.7 Å². The summed E-state index contributed by atoms with van der Waals surface area (Å²) >= 11 is 0. The molecule has 1 atom stereocenters. The molecular formula is C10H16F3NO2. The van der Waals surface area contributed by atoms with Crippen molar-refractivity contribution in [1.82, 2.24) is 5.32 Å². The maximum absolute atomic E-state index is 12.4. The lowest BCUT2D eigenvalue weighted by Gasteiger charge is -2.19. The summed E-state index contributed by atoms with van der Waals surface area (Å²) in [6.45, 7) is 3.51. The number of halogens is 3. The lowest BCUT2D eigenvalue weighted by atomic mass is 10.0. The van der Waals surface area contributed by atoms with Gasteiger partial charge in [0.2, 0.25) is 0 Å². The van der Waals surface area contributed by atoms with Gasteiger partial charge in [-0.2, -0.15) is 8.78 Å². The summed E-state index contributed by atoms with van der Waals surface area (Å²) in [4.78, 5) is 11.2. The summed E-state index contributed by atoms with van der Waals surface area (Å²) in [5, 5.41) is 2.67. The summed E-state index contributed by atoms with van der Waals surface area (Å²) in [7, 11) is 1.24. The SMILES string of the molecule is COC(=O)[C@@H](NCCC(F)=C(F)F)C(C)C. The molecule has 0 aliphatic carbocycles. The van der Waals surface area contributed by atoms with E-state index in [0.717, 1.165) is 0 Å². The first kappa shape index (κ1) is 15.0. The van der Waals surface area contributed by atoms with Crippen LogP contribution in [0.5, 0.6) is 0 Å². The summed E-state index contributed by atoms with van der Waals surface area (Å²) < 4.78 is 40.4. The smallest absolute Gasteiger partial charge is 0.323 e. The zero-order valence-corrected chi connectivity index (χ0v) is 9.52. The fraction of sp³-hybridized carbons (Fsp3) is 0.700. The van der Waals surface area contributed by atoms with Crippen molar-refractivity contribution in [2.24, 2.45) is 5.92 Å². The van der Waals surface area contributed by atoms with Crippen molar-refractivity contribution < 1.29 is 22.7 Å². The van der Waals surface area contributed by atoms with E-state index in [1.165, 1.54) is 7.11 Å². The van der Waals surface area contributed by atoms with Gasteiger partial charge in [0.25, 0.3) is 0 Å². The number of hydrogen-bond acceptors (Lipinski definition) is 3. The van der Waals surface area contributed by atoms with Crippen LogP contribution in [0.4, 0.5) is 13.2 Å². The highest BCUT2D eigenvalue weighted by molar-refractivity contribution is 5.75. The minimum atomic E-state index is -2.32. The number of hydrogen-bond donors (Lipinski definition) is 1. The largest absolute Gasteiger partial charge is 0.468 e. The van der Waals surface area contributed by atoms with E-state index in [1.54, 1.807) is 13.8 Å². The molecule has 0 rings (SSSR count). The molecule has 0 aromatic rings. The summed E-state index contributed by atoms with van der Waals surface area (Å²) in [5.74, 6) is -2.00. The van der Waals surface area contributed by atoms with E-state index in [9.17, 15) is 18.0 Å². The number of rotatable bonds is 6. The standard InChI is InChI=1S/C10H16F3NO2/c1-6(2)8(10(15)16-3)14-5-4-7(11)9(12)13/h6,8,14H,4-5H2,1-3H3/t8-/m0/s1. The van der Waals surface area contributed by atoms with Gasteiger partial charge >= 0.3 is 12.0 Å². The van der Waals surface area contributed by atoms with Crippen molar-refractivity contribution in [2.45, 2.75) is 26.3 Å². The quantitative estimate of drug-likeness (QED) is 0.722. The average Bonchev–Trinajstić information content (AvgIpc) is 2.22. The molecular weight excluding hydrogens is 223 g/mol. The highest BCUT2D eigenvalue weighted by Gasteiger charge is 2.22. The van der Waals surface area contributed by atoms with E-state index in [2.05, 4.69) is 10.1 Å². The molecule has 16 heavy (non-hydrogen) atoms. The van der Waals surface area contributed by atoms with Crippen LogP contribution in [0.2, 0.25) is 0 Å². The van der Waals surface area contributed by atoms with Gasteiger partial charge in [0, 0.05) is 13.0 Å². The Morgan fingerprint density at radius 2 is 1.88 bits per heavy atom. The second-order valence-corrected chi connectivity index (χ2v) is 3.61. The lowest BCUT2D eigenvalue weighted by Crippen LogP contribution is -2.42. The first-order valence-electron chi connectivity index (χ1n) is 4.91. The molecule has 0 aliphatic heterocycles. The van der Waals surface area contributed by atoms with E-state index in [-0.39, 0.29) is 12.5 Å². The second-order valence-electron chi connectivity index (χ2n) is 3.61. The van der Waals surface area contributed by atoms with Crippen LogP contribution in [0.15, 0.2) is 11.9 Å². The zero-order chi connectivity index (χ0) is 12.7. The number of ether oxygens (including phenoxy) is 1. The Labute approximate surface area is 92.7 Å². The highest BCUT2D eigenvalue weighted by atomic mass is 19.3. The molecule has 0 amide bonds. The van der Waals surface area contributed by atoms with E-state index >= 15 is 0 Å². The Bertz CT molecular complexity index is 263. The normalized spacial score (nSPS) is 12.4.